The second-order valence-electron chi connectivity index (χ2n) is 2.95. The van der Waals surface area contributed by atoms with E-state index in [1.54, 1.807) is 0 Å². The number of nitrogen functional groups attached to an aromatic ring is 1. The molecule has 0 fully saturated rings. The summed E-state index contributed by atoms with van der Waals surface area (Å²) in [6.45, 7) is 0. The van der Waals surface area contributed by atoms with Gasteiger partial charge < -0.3 is 5.73 Å². The maximum atomic E-state index is 5.40. The highest BCUT2D eigenvalue weighted by atomic mass is 79.9. The quantitative estimate of drug-likeness (QED) is 0.856. The molecule has 0 aliphatic rings. The molecule has 0 unspecified atom stereocenters. The van der Waals surface area contributed by atoms with Crippen molar-refractivity contribution in [3.63, 3.8) is 0 Å². The zero-order valence-corrected chi connectivity index (χ0v) is 8.95. The molecule has 0 radical (unpaired) electrons. The first-order chi connectivity index (χ1) is 6.74. The Morgan fingerprint density at radius 2 is 2.29 bits per heavy atom. The third-order valence-electron chi connectivity index (χ3n) is 1.81. The zero-order chi connectivity index (χ0) is 9.97. The minimum Gasteiger partial charge on any atom is -0.367 e. The number of anilines is 1. The number of halogens is 1. The van der Waals surface area contributed by atoms with Crippen molar-refractivity contribution < 1.29 is 0 Å². The van der Waals surface area contributed by atoms with E-state index >= 15 is 0 Å². The van der Waals surface area contributed by atoms with E-state index in [1.807, 2.05) is 24.3 Å². The molecular formula is C9H9BrN4. The molecular weight excluding hydrogens is 244 g/mol. The summed E-state index contributed by atoms with van der Waals surface area (Å²) in [4.78, 5) is 4.03. The summed E-state index contributed by atoms with van der Waals surface area (Å²) in [5, 5.41) is 6.54. The van der Waals surface area contributed by atoms with E-state index in [2.05, 4.69) is 31.1 Å². The average Bonchev–Trinajstić information content (AvgIpc) is 2.51. The van der Waals surface area contributed by atoms with E-state index in [9.17, 15) is 0 Å². The van der Waals surface area contributed by atoms with E-state index in [0.29, 0.717) is 6.42 Å². The molecule has 3 N–H and O–H groups in total. The Bertz CT molecular complexity index is 438. The Labute approximate surface area is 89.7 Å². The maximum Gasteiger partial charge on any atom is 0.239 e. The minimum absolute atomic E-state index is 0.287. The van der Waals surface area contributed by atoms with Gasteiger partial charge in [0.25, 0.3) is 0 Å². The summed E-state index contributed by atoms with van der Waals surface area (Å²) >= 11 is 3.41. The Morgan fingerprint density at radius 3 is 2.93 bits per heavy atom. The molecule has 1 aromatic heterocycles. The lowest BCUT2D eigenvalue weighted by molar-refractivity contribution is 0.972. The minimum atomic E-state index is 0.287. The maximum absolute atomic E-state index is 5.40. The van der Waals surface area contributed by atoms with E-state index in [-0.39, 0.29) is 5.95 Å². The monoisotopic (exact) mass is 252 g/mol. The second kappa shape index (κ2) is 3.79. The van der Waals surface area contributed by atoms with Crippen molar-refractivity contribution >= 4 is 21.9 Å². The van der Waals surface area contributed by atoms with Gasteiger partial charge in [0, 0.05) is 10.9 Å². The lowest BCUT2D eigenvalue weighted by Gasteiger charge is -1.97. The highest BCUT2D eigenvalue weighted by Crippen LogP contribution is 2.13. The molecule has 0 bridgehead atoms. The number of hydrogen-bond donors (Lipinski definition) is 2. The Hall–Kier alpha value is -1.36. The predicted molar refractivity (Wildman–Crippen MR) is 57.7 cm³/mol. The fraction of sp³-hybridized carbons (Fsp3) is 0.111. The summed E-state index contributed by atoms with van der Waals surface area (Å²) in [7, 11) is 0. The van der Waals surface area contributed by atoms with Gasteiger partial charge in [0.05, 0.1) is 0 Å². The molecule has 0 saturated carbocycles. The van der Waals surface area contributed by atoms with Crippen molar-refractivity contribution in [1.29, 1.82) is 0 Å². The van der Waals surface area contributed by atoms with Crippen LogP contribution < -0.4 is 5.73 Å². The van der Waals surface area contributed by atoms with Gasteiger partial charge in [-0.25, -0.2) is 0 Å². The highest BCUT2D eigenvalue weighted by molar-refractivity contribution is 9.10. The molecule has 2 aromatic rings. The number of nitrogens with zero attached hydrogens (tertiary/aromatic N) is 2. The lowest BCUT2D eigenvalue weighted by Crippen LogP contribution is -1.91. The Kier molecular flexibility index (Phi) is 2.49. The van der Waals surface area contributed by atoms with Gasteiger partial charge in [-0.15, -0.1) is 5.10 Å². The van der Waals surface area contributed by atoms with Crippen LogP contribution in [0.25, 0.3) is 0 Å². The Balaban J connectivity index is 2.18. The molecule has 0 saturated heterocycles. The molecule has 0 spiro atoms. The van der Waals surface area contributed by atoms with Gasteiger partial charge in [-0.05, 0) is 17.7 Å². The van der Waals surface area contributed by atoms with E-state index in [0.717, 1.165) is 15.9 Å². The fourth-order valence-electron chi connectivity index (χ4n) is 1.23. The molecule has 1 heterocycles. The van der Waals surface area contributed by atoms with Crippen LogP contribution in [0, 0.1) is 0 Å². The smallest absolute Gasteiger partial charge is 0.239 e. The normalized spacial score (nSPS) is 10.4. The predicted octanol–water partition coefficient (Wildman–Crippen LogP) is 1.74. The van der Waals surface area contributed by atoms with Crippen LogP contribution in [0.1, 0.15) is 11.4 Å². The fourth-order valence-corrected chi connectivity index (χ4v) is 1.68. The largest absolute Gasteiger partial charge is 0.367 e. The summed E-state index contributed by atoms with van der Waals surface area (Å²) in [5.41, 5.74) is 6.56. The van der Waals surface area contributed by atoms with Crippen LogP contribution in [0.3, 0.4) is 0 Å². The third kappa shape index (κ3) is 2.11. The van der Waals surface area contributed by atoms with Crippen molar-refractivity contribution in [3.8, 4) is 0 Å². The topological polar surface area (TPSA) is 67.6 Å². The average molecular weight is 253 g/mol. The van der Waals surface area contributed by atoms with Crippen LogP contribution in [0.5, 0.6) is 0 Å². The molecule has 4 nitrogen and oxygen atoms in total. The number of H-pyrrole nitrogens is 1. The van der Waals surface area contributed by atoms with Gasteiger partial charge in [-0.3, -0.25) is 5.10 Å². The van der Waals surface area contributed by atoms with Crippen LogP contribution in [-0.4, -0.2) is 15.2 Å². The highest BCUT2D eigenvalue weighted by Gasteiger charge is 2.01. The molecule has 0 atom stereocenters. The SMILES string of the molecule is Nc1n[nH]c(Cc2cccc(Br)c2)n1. The summed E-state index contributed by atoms with van der Waals surface area (Å²) in [6.07, 6.45) is 0.712. The van der Waals surface area contributed by atoms with Gasteiger partial charge in [0.15, 0.2) is 0 Å². The lowest BCUT2D eigenvalue weighted by atomic mass is 10.1. The molecule has 14 heavy (non-hydrogen) atoms. The van der Waals surface area contributed by atoms with Crippen LogP contribution in [0.15, 0.2) is 28.7 Å². The van der Waals surface area contributed by atoms with Crippen molar-refractivity contribution in [1.82, 2.24) is 15.2 Å². The standard InChI is InChI=1S/C9H9BrN4/c10-7-3-1-2-6(4-7)5-8-12-9(11)14-13-8/h1-4H,5H2,(H3,11,12,13,14). The molecule has 0 amide bonds. The second-order valence-corrected chi connectivity index (χ2v) is 3.86. The van der Waals surface area contributed by atoms with Gasteiger partial charge in [0.2, 0.25) is 5.95 Å². The van der Waals surface area contributed by atoms with Crippen molar-refractivity contribution in [2.75, 3.05) is 5.73 Å². The van der Waals surface area contributed by atoms with Gasteiger partial charge in [-0.1, -0.05) is 28.1 Å². The third-order valence-corrected chi connectivity index (χ3v) is 2.30. The van der Waals surface area contributed by atoms with Gasteiger partial charge >= 0.3 is 0 Å². The Morgan fingerprint density at radius 1 is 1.43 bits per heavy atom. The van der Waals surface area contributed by atoms with Crippen molar-refractivity contribution in [2.24, 2.45) is 0 Å². The van der Waals surface area contributed by atoms with E-state index in [1.165, 1.54) is 0 Å². The molecule has 72 valence electrons. The summed E-state index contributed by atoms with van der Waals surface area (Å²) in [6, 6.07) is 8.04. The van der Waals surface area contributed by atoms with Crippen molar-refractivity contribution in [2.45, 2.75) is 6.42 Å². The number of aromatic nitrogens is 3. The van der Waals surface area contributed by atoms with Crippen LogP contribution >= 0.6 is 15.9 Å². The number of benzene rings is 1. The van der Waals surface area contributed by atoms with Gasteiger partial charge in [-0.2, -0.15) is 4.98 Å². The first-order valence-electron chi connectivity index (χ1n) is 4.15. The van der Waals surface area contributed by atoms with Crippen LogP contribution in [0.2, 0.25) is 0 Å². The summed E-state index contributed by atoms with van der Waals surface area (Å²) < 4.78 is 1.06. The first-order valence-corrected chi connectivity index (χ1v) is 4.94. The zero-order valence-electron chi connectivity index (χ0n) is 7.37. The number of aromatic amines is 1. The van der Waals surface area contributed by atoms with Crippen molar-refractivity contribution in [3.05, 3.63) is 40.1 Å². The van der Waals surface area contributed by atoms with Crippen LogP contribution in [0.4, 0.5) is 5.95 Å². The molecule has 0 aliphatic carbocycles. The first kappa shape index (κ1) is 9.21. The number of nitrogens with two attached hydrogens (primary N) is 1. The molecule has 0 aliphatic heterocycles. The van der Waals surface area contributed by atoms with E-state index < -0.39 is 0 Å². The molecule has 2 rings (SSSR count). The number of nitrogens with one attached hydrogen (secondary N) is 1. The number of rotatable bonds is 2. The summed E-state index contributed by atoms with van der Waals surface area (Å²) in [5.74, 6) is 1.07. The van der Waals surface area contributed by atoms with Gasteiger partial charge in [0.1, 0.15) is 5.82 Å². The number of hydrogen-bond acceptors (Lipinski definition) is 3. The molecule has 5 heteroatoms. The molecule has 1 aromatic carbocycles. The van der Waals surface area contributed by atoms with E-state index in [4.69, 9.17) is 5.73 Å². The van der Waals surface area contributed by atoms with Crippen LogP contribution in [-0.2, 0) is 6.42 Å².